The summed E-state index contributed by atoms with van der Waals surface area (Å²) in [6, 6.07) is 7.68. The summed E-state index contributed by atoms with van der Waals surface area (Å²) in [5.41, 5.74) is 2.48. The van der Waals surface area contributed by atoms with Crippen molar-refractivity contribution in [1.29, 1.82) is 0 Å². The third-order valence-corrected chi connectivity index (χ3v) is 6.20. The molecule has 0 aliphatic carbocycles. The molecule has 0 bridgehead atoms. The molecule has 1 aliphatic heterocycles. The summed E-state index contributed by atoms with van der Waals surface area (Å²) in [6.07, 6.45) is 3.41. The van der Waals surface area contributed by atoms with E-state index in [2.05, 4.69) is 30.7 Å². The summed E-state index contributed by atoms with van der Waals surface area (Å²) >= 11 is 0. The normalized spacial score (nSPS) is 18.8. The molecule has 146 valence electrons. The second-order valence-corrected chi connectivity index (χ2v) is 8.55. The number of rotatable bonds is 5. The van der Waals surface area contributed by atoms with Crippen molar-refractivity contribution in [3.05, 3.63) is 47.5 Å². The van der Waals surface area contributed by atoms with Crippen LogP contribution in [0.2, 0.25) is 0 Å². The molecular weight excluding hydrogens is 382 g/mol. The first-order chi connectivity index (χ1) is 13.5. The number of aromatic nitrogens is 7. The van der Waals surface area contributed by atoms with E-state index >= 15 is 0 Å². The second kappa shape index (κ2) is 7.68. The molecular formula is C17H19N7O3S. The lowest BCUT2D eigenvalue weighted by atomic mass is 10.1. The molecule has 3 heterocycles. The van der Waals surface area contributed by atoms with Crippen LogP contribution in [0.5, 0.6) is 0 Å². The van der Waals surface area contributed by atoms with E-state index in [1.165, 1.54) is 0 Å². The first kappa shape index (κ1) is 18.6. The van der Waals surface area contributed by atoms with E-state index in [1.54, 1.807) is 17.8 Å². The van der Waals surface area contributed by atoms with Gasteiger partial charge in [0.25, 0.3) is 10.1 Å². The van der Waals surface area contributed by atoms with Gasteiger partial charge in [0, 0.05) is 18.2 Å². The van der Waals surface area contributed by atoms with Crippen LogP contribution in [0.15, 0.2) is 30.5 Å². The Morgan fingerprint density at radius 1 is 1.11 bits per heavy atom. The molecule has 0 saturated carbocycles. The standard InChI is InChI=1S/C17H19N7O3S/c1-12-18-21-17(22-19-12)14-6-4-13(5-7-14)10-24-11-15(20-23-24)9-16-3-2-8-27-28(16,25)26/h4-7,11,16H,2-3,8-10H2,1H3. The van der Waals surface area contributed by atoms with E-state index in [0.29, 0.717) is 36.7 Å². The summed E-state index contributed by atoms with van der Waals surface area (Å²) in [5.74, 6) is 0.992. The summed E-state index contributed by atoms with van der Waals surface area (Å²) in [5, 5.41) is 23.5. The molecule has 2 aromatic heterocycles. The molecule has 28 heavy (non-hydrogen) atoms. The lowest BCUT2D eigenvalue weighted by molar-refractivity contribution is 0.274. The number of benzene rings is 1. The van der Waals surface area contributed by atoms with Gasteiger partial charge < -0.3 is 0 Å². The highest BCUT2D eigenvalue weighted by Gasteiger charge is 2.30. The summed E-state index contributed by atoms with van der Waals surface area (Å²) in [6.45, 7) is 2.52. The van der Waals surface area contributed by atoms with Crippen LogP contribution in [0.25, 0.3) is 11.4 Å². The predicted octanol–water partition coefficient (Wildman–Crippen LogP) is 0.933. The molecule has 11 heteroatoms. The Morgan fingerprint density at radius 3 is 2.57 bits per heavy atom. The highest BCUT2D eigenvalue weighted by molar-refractivity contribution is 7.87. The van der Waals surface area contributed by atoms with Crippen LogP contribution in [0.1, 0.15) is 29.9 Å². The Morgan fingerprint density at radius 2 is 1.86 bits per heavy atom. The Hall–Kier alpha value is -2.79. The van der Waals surface area contributed by atoms with Crippen molar-refractivity contribution in [2.45, 2.75) is 38.0 Å². The number of nitrogens with zero attached hydrogens (tertiary/aromatic N) is 7. The van der Waals surface area contributed by atoms with Crippen molar-refractivity contribution < 1.29 is 12.6 Å². The Kier molecular flexibility index (Phi) is 5.09. The molecule has 1 atom stereocenters. The van der Waals surface area contributed by atoms with Gasteiger partial charge in [-0.25, -0.2) is 4.68 Å². The molecule has 1 fully saturated rings. The van der Waals surface area contributed by atoms with Crippen molar-refractivity contribution in [2.75, 3.05) is 6.61 Å². The van der Waals surface area contributed by atoms with E-state index in [-0.39, 0.29) is 6.61 Å². The summed E-state index contributed by atoms with van der Waals surface area (Å²) < 4.78 is 30.5. The van der Waals surface area contributed by atoms with Gasteiger partial charge in [0.2, 0.25) is 5.82 Å². The number of hydrogen-bond acceptors (Lipinski definition) is 9. The van der Waals surface area contributed by atoms with Crippen LogP contribution in [0.4, 0.5) is 0 Å². The van der Waals surface area contributed by atoms with Crippen LogP contribution < -0.4 is 0 Å². The molecule has 4 rings (SSSR count). The maximum atomic E-state index is 12.0. The van der Waals surface area contributed by atoms with Gasteiger partial charge in [0.15, 0.2) is 5.82 Å². The average molecular weight is 401 g/mol. The highest BCUT2D eigenvalue weighted by Crippen LogP contribution is 2.21. The van der Waals surface area contributed by atoms with E-state index in [1.807, 2.05) is 24.3 Å². The van der Waals surface area contributed by atoms with Crippen molar-refractivity contribution >= 4 is 10.1 Å². The third kappa shape index (κ3) is 4.20. The molecule has 0 N–H and O–H groups in total. The van der Waals surface area contributed by atoms with Crippen molar-refractivity contribution in [2.24, 2.45) is 0 Å². The molecule has 1 saturated heterocycles. The molecule has 3 aromatic rings. The fourth-order valence-corrected chi connectivity index (χ4v) is 4.39. The second-order valence-electron chi connectivity index (χ2n) is 6.66. The zero-order valence-corrected chi connectivity index (χ0v) is 16.1. The molecule has 0 radical (unpaired) electrons. The Balaban J connectivity index is 1.42. The number of hydrogen-bond donors (Lipinski definition) is 0. The van der Waals surface area contributed by atoms with Crippen LogP contribution in [0, 0.1) is 6.92 Å². The lowest BCUT2D eigenvalue weighted by Crippen LogP contribution is -2.30. The summed E-state index contributed by atoms with van der Waals surface area (Å²) in [7, 11) is -3.50. The van der Waals surface area contributed by atoms with Crippen LogP contribution in [-0.2, 0) is 27.3 Å². The zero-order valence-electron chi connectivity index (χ0n) is 15.3. The lowest BCUT2D eigenvalue weighted by Gasteiger charge is -2.20. The van der Waals surface area contributed by atoms with Crippen LogP contribution in [-0.4, -0.2) is 55.7 Å². The van der Waals surface area contributed by atoms with Gasteiger partial charge in [-0.15, -0.1) is 25.5 Å². The minimum Gasteiger partial charge on any atom is -0.270 e. The SMILES string of the molecule is Cc1nnc(-c2ccc(Cn3cc(CC4CCCOS4(=O)=O)nn3)cc2)nn1. The smallest absolute Gasteiger partial charge is 0.270 e. The van der Waals surface area contributed by atoms with E-state index < -0.39 is 15.4 Å². The highest BCUT2D eigenvalue weighted by atomic mass is 32.2. The fourth-order valence-electron chi connectivity index (χ4n) is 3.01. The summed E-state index contributed by atoms with van der Waals surface area (Å²) in [4.78, 5) is 0. The van der Waals surface area contributed by atoms with E-state index in [9.17, 15) is 8.42 Å². The van der Waals surface area contributed by atoms with Gasteiger partial charge in [-0.3, -0.25) is 4.18 Å². The first-order valence-corrected chi connectivity index (χ1v) is 10.4. The molecule has 0 amide bonds. The molecule has 1 unspecified atom stereocenters. The number of aryl methyl sites for hydroxylation is 1. The largest absolute Gasteiger partial charge is 0.270 e. The topological polar surface area (TPSA) is 126 Å². The Labute approximate surface area is 162 Å². The van der Waals surface area contributed by atoms with E-state index in [0.717, 1.165) is 17.5 Å². The minimum atomic E-state index is -3.50. The monoisotopic (exact) mass is 401 g/mol. The quantitative estimate of drug-likeness (QED) is 0.574. The van der Waals surface area contributed by atoms with Crippen molar-refractivity contribution in [3.63, 3.8) is 0 Å². The molecule has 1 aliphatic rings. The minimum absolute atomic E-state index is 0.265. The van der Waals surface area contributed by atoms with Gasteiger partial charge in [0.1, 0.15) is 0 Å². The maximum Gasteiger partial charge on any atom is 0.270 e. The van der Waals surface area contributed by atoms with Gasteiger partial charge in [-0.2, -0.15) is 8.42 Å². The zero-order chi connectivity index (χ0) is 19.6. The third-order valence-electron chi connectivity index (χ3n) is 4.48. The average Bonchev–Trinajstić information content (AvgIpc) is 3.12. The molecule has 1 aromatic carbocycles. The van der Waals surface area contributed by atoms with E-state index in [4.69, 9.17) is 4.18 Å². The van der Waals surface area contributed by atoms with Gasteiger partial charge >= 0.3 is 0 Å². The van der Waals surface area contributed by atoms with Gasteiger partial charge in [-0.05, 0) is 25.3 Å². The first-order valence-electron chi connectivity index (χ1n) is 8.90. The fraction of sp³-hybridized carbons (Fsp3) is 0.412. The Bertz CT molecular complexity index is 1050. The van der Waals surface area contributed by atoms with Crippen molar-refractivity contribution in [1.82, 2.24) is 35.4 Å². The molecule has 0 spiro atoms. The van der Waals surface area contributed by atoms with Crippen LogP contribution >= 0.6 is 0 Å². The van der Waals surface area contributed by atoms with Crippen LogP contribution in [0.3, 0.4) is 0 Å². The molecule has 10 nitrogen and oxygen atoms in total. The van der Waals surface area contributed by atoms with Crippen molar-refractivity contribution in [3.8, 4) is 11.4 Å². The van der Waals surface area contributed by atoms with Gasteiger partial charge in [0.05, 0.1) is 24.1 Å². The van der Waals surface area contributed by atoms with Gasteiger partial charge in [-0.1, -0.05) is 29.5 Å². The predicted molar refractivity (Wildman–Crippen MR) is 98.5 cm³/mol. The maximum absolute atomic E-state index is 12.0.